The van der Waals surface area contributed by atoms with Gasteiger partial charge in [0, 0.05) is 6.54 Å². The van der Waals surface area contributed by atoms with Gasteiger partial charge in [0.25, 0.3) is 0 Å². The van der Waals surface area contributed by atoms with Gasteiger partial charge in [0.1, 0.15) is 11.3 Å². The van der Waals surface area contributed by atoms with Crippen LogP contribution in [0.2, 0.25) is 0 Å². The van der Waals surface area contributed by atoms with Gasteiger partial charge in [-0.1, -0.05) is 19.1 Å². The molecule has 0 aromatic heterocycles. The van der Waals surface area contributed by atoms with E-state index in [0.717, 1.165) is 0 Å². The predicted molar refractivity (Wildman–Crippen MR) is 66.2 cm³/mol. The van der Waals surface area contributed by atoms with Crippen LogP contribution in [0.3, 0.4) is 0 Å². The number of anilines is 1. The number of hydrogen-bond donors (Lipinski definition) is 2. The Bertz CT molecular complexity index is 575. The predicted octanol–water partition coefficient (Wildman–Crippen LogP) is 0.837. The van der Waals surface area contributed by atoms with Gasteiger partial charge in [0.2, 0.25) is 15.9 Å². The summed E-state index contributed by atoms with van der Waals surface area (Å²) in [6.45, 7) is 1.91. The Kier molecular flexibility index (Phi) is 4.83. The third-order valence-electron chi connectivity index (χ3n) is 2.02. The molecule has 96 valence electrons. The van der Waals surface area contributed by atoms with Crippen molar-refractivity contribution in [1.29, 1.82) is 5.26 Å². The van der Waals surface area contributed by atoms with Crippen LogP contribution in [-0.4, -0.2) is 20.9 Å². The lowest BCUT2D eigenvalue weighted by atomic mass is 10.3. The number of nitrogens with one attached hydrogen (secondary N) is 2. The average Bonchev–Trinajstić information content (AvgIpc) is 2.29. The minimum Gasteiger partial charge on any atom is -0.324 e. The van der Waals surface area contributed by atoms with E-state index in [0.29, 0.717) is 0 Å². The molecular weight excluding hydrogens is 254 g/mol. The number of rotatable bonds is 5. The third-order valence-corrected chi connectivity index (χ3v) is 3.63. The van der Waals surface area contributed by atoms with Crippen molar-refractivity contribution in [2.75, 3.05) is 11.9 Å². The molecule has 2 N–H and O–H groups in total. The van der Waals surface area contributed by atoms with Crippen LogP contribution in [0.5, 0.6) is 0 Å². The number of nitriles is 1. The molecular formula is C11H13N3O3S. The molecule has 0 aliphatic carbocycles. The van der Waals surface area contributed by atoms with Crippen LogP contribution in [0.15, 0.2) is 29.2 Å². The minimum absolute atomic E-state index is 0.0156. The maximum absolute atomic E-state index is 11.9. The second-order valence-electron chi connectivity index (χ2n) is 3.38. The molecule has 1 amide bonds. The lowest BCUT2D eigenvalue weighted by Gasteiger charge is -2.10. The maximum Gasteiger partial charge on any atom is 0.242 e. The molecule has 0 aliphatic heterocycles. The molecule has 0 saturated carbocycles. The van der Waals surface area contributed by atoms with Crippen molar-refractivity contribution in [2.45, 2.75) is 18.2 Å². The van der Waals surface area contributed by atoms with Gasteiger partial charge in [-0.25, -0.2) is 13.1 Å². The zero-order chi connectivity index (χ0) is 13.6. The average molecular weight is 267 g/mol. The lowest BCUT2D eigenvalue weighted by molar-refractivity contribution is -0.115. The maximum atomic E-state index is 11.9. The quantitative estimate of drug-likeness (QED) is 0.825. The van der Waals surface area contributed by atoms with E-state index >= 15 is 0 Å². The second kappa shape index (κ2) is 6.14. The zero-order valence-electron chi connectivity index (χ0n) is 9.80. The topological polar surface area (TPSA) is 99.1 Å². The van der Waals surface area contributed by atoms with Crippen molar-refractivity contribution in [1.82, 2.24) is 4.72 Å². The number of para-hydroxylation sites is 1. The summed E-state index contributed by atoms with van der Waals surface area (Å²) >= 11 is 0. The summed E-state index contributed by atoms with van der Waals surface area (Å²) in [7, 11) is -3.65. The largest absolute Gasteiger partial charge is 0.324 e. The molecule has 0 saturated heterocycles. The van der Waals surface area contributed by atoms with E-state index in [4.69, 9.17) is 5.26 Å². The Balaban J connectivity index is 3.08. The monoisotopic (exact) mass is 267 g/mol. The summed E-state index contributed by atoms with van der Waals surface area (Å²) < 4.78 is 26.1. The van der Waals surface area contributed by atoms with E-state index in [1.165, 1.54) is 12.1 Å². The Morgan fingerprint density at radius 2 is 2.06 bits per heavy atom. The van der Waals surface area contributed by atoms with Gasteiger partial charge < -0.3 is 5.32 Å². The highest BCUT2D eigenvalue weighted by molar-refractivity contribution is 7.89. The van der Waals surface area contributed by atoms with E-state index in [9.17, 15) is 13.2 Å². The van der Waals surface area contributed by atoms with Crippen LogP contribution >= 0.6 is 0 Å². The molecule has 0 bridgehead atoms. The van der Waals surface area contributed by atoms with Gasteiger partial charge in [0.05, 0.1) is 11.8 Å². The van der Waals surface area contributed by atoms with Gasteiger partial charge in [-0.3, -0.25) is 4.79 Å². The first-order valence-electron chi connectivity index (χ1n) is 5.26. The highest BCUT2D eigenvalue weighted by Gasteiger charge is 2.18. The fourth-order valence-electron chi connectivity index (χ4n) is 1.34. The Labute approximate surface area is 106 Å². The van der Waals surface area contributed by atoms with Crippen LogP contribution in [0.4, 0.5) is 5.69 Å². The summed E-state index contributed by atoms with van der Waals surface area (Å²) in [6.07, 6.45) is -0.324. The molecule has 0 heterocycles. The van der Waals surface area contributed by atoms with Crippen LogP contribution in [-0.2, 0) is 14.8 Å². The van der Waals surface area contributed by atoms with Crippen molar-refractivity contribution < 1.29 is 13.2 Å². The molecule has 7 heteroatoms. The molecule has 1 rings (SSSR count). The molecule has 18 heavy (non-hydrogen) atoms. The Morgan fingerprint density at radius 3 is 2.67 bits per heavy atom. The van der Waals surface area contributed by atoms with Gasteiger partial charge in [0.15, 0.2) is 0 Å². The second-order valence-corrected chi connectivity index (χ2v) is 5.12. The van der Waals surface area contributed by atoms with Crippen molar-refractivity contribution in [3.63, 3.8) is 0 Å². The molecule has 1 aromatic carbocycles. The highest BCUT2D eigenvalue weighted by atomic mass is 32.2. The number of nitrogens with zero attached hydrogens (tertiary/aromatic N) is 1. The SMILES string of the molecule is CCNS(=O)(=O)c1ccccc1NC(=O)CC#N. The van der Waals surface area contributed by atoms with E-state index in [-0.39, 0.29) is 23.5 Å². The summed E-state index contributed by atoms with van der Waals surface area (Å²) in [5.41, 5.74) is 0.165. The Hall–Kier alpha value is -1.91. The molecule has 0 radical (unpaired) electrons. The van der Waals surface area contributed by atoms with Gasteiger partial charge >= 0.3 is 0 Å². The van der Waals surface area contributed by atoms with Crippen molar-refractivity contribution >= 4 is 21.6 Å². The number of carbonyl (C=O) groups excluding carboxylic acids is 1. The Morgan fingerprint density at radius 1 is 1.39 bits per heavy atom. The van der Waals surface area contributed by atoms with Crippen LogP contribution in [0, 0.1) is 11.3 Å². The van der Waals surface area contributed by atoms with E-state index in [1.807, 2.05) is 0 Å². The fourth-order valence-corrected chi connectivity index (χ4v) is 2.54. The van der Waals surface area contributed by atoms with Crippen LogP contribution in [0.1, 0.15) is 13.3 Å². The summed E-state index contributed by atoms with van der Waals surface area (Å²) in [6, 6.07) is 7.72. The summed E-state index contributed by atoms with van der Waals surface area (Å²) in [5, 5.41) is 10.8. The summed E-state index contributed by atoms with van der Waals surface area (Å²) in [5.74, 6) is -0.545. The first-order valence-corrected chi connectivity index (χ1v) is 6.75. The molecule has 6 nitrogen and oxygen atoms in total. The van der Waals surface area contributed by atoms with Crippen LogP contribution in [0.25, 0.3) is 0 Å². The minimum atomic E-state index is -3.65. The smallest absolute Gasteiger partial charge is 0.242 e. The fraction of sp³-hybridized carbons (Fsp3) is 0.273. The standard InChI is InChI=1S/C11H13N3O3S/c1-2-13-18(16,17)10-6-4-3-5-9(10)14-11(15)7-8-12/h3-6,13H,2,7H2,1H3,(H,14,15). The van der Waals surface area contributed by atoms with Crippen molar-refractivity contribution in [3.8, 4) is 6.07 Å². The third kappa shape index (κ3) is 3.55. The van der Waals surface area contributed by atoms with E-state index in [2.05, 4.69) is 10.0 Å². The number of benzene rings is 1. The normalized spacial score (nSPS) is 10.7. The van der Waals surface area contributed by atoms with Gasteiger partial charge in [-0.2, -0.15) is 5.26 Å². The van der Waals surface area contributed by atoms with Crippen LogP contribution < -0.4 is 10.0 Å². The molecule has 0 unspecified atom stereocenters. The van der Waals surface area contributed by atoms with E-state index in [1.54, 1.807) is 25.1 Å². The lowest BCUT2D eigenvalue weighted by Crippen LogP contribution is -2.25. The first-order chi connectivity index (χ1) is 8.51. The van der Waals surface area contributed by atoms with Gasteiger partial charge in [-0.05, 0) is 12.1 Å². The number of hydrogen-bond acceptors (Lipinski definition) is 4. The molecule has 0 aliphatic rings. The van der Waals surface area contributed by atoms with Gasteiger partial charge in [-0.15, -0.1) is 0 Å². The highest BCUT2D eigenvalue weighted by Crippen LogP contribution is 2.20. The number of amides is 1. The molecule has 0 spiro atoms. The van der Waals surface area contributed by atoms with E-state index < -0.39 is 15.9 Å². The summed E-state index contributed by atoms with van der Waals surface area (Å²) in [4.78, 5) is 11.3. The molecule has 0 atom stereocenters. The molecule has 0 fully saturated rings. The number of carbonyl (C=O) groups is 1. The van der Waals surface area contributed by atoms with Crippen molar-refractivity contribution in [3.05, 3.63) is 24.3 Å². The first kappa shape index (κ1) is 14.2. The molecule has 1 aromatic rings. The van der Waals surface area contributed by atoms with Crippen molar-refractivity contribution in [2.24, 2.45) is 0 Å². The number of sulfonamides is 1. The zero-order valence-corrected chi connectivity index (χ0v) is 10.6.